The Kier molecular flexibility index (Phi) is 10.2. The normalized spacial score (nSPS) is 11.9. The first-order valence-electron chi connectivity index (χ1n) is 7.19. The van der Waals surface area contributed by atoms with Crippen LogP contribution < -0.4 is 10.1 Å². The molecule has 0 radical (unpaired) electrons. The summed E-state index contributed by atoms with van der Waals surface area (Å²) in [5.74, 6) is -3.43. The summed E-state index contributed by atoms with van der Waals surface area (Å²) in [7, 11) is 0. The van der Waals surface area contributed by atoms with Crippen molar-refractivity contribution in [3.8, 4) is 5.75 Å². The maximum absolute atomic E-state index is 12.4. The summed E-state index contributed by atoms with van der Waals surface area (Å²) in [6, 6.07) is 4.82. The van der Waals surface area contributed by atoms with Crippen LogP contribution in [0, 0.1) is 0 Å². The molecule has 0 bridgehead atoms. The Balaban J connectivity index is 0.000000823. The van der Waals surface area contributed by atoms with Crippen molar-refractivity contribution in [2.24, 2.45) is 0 Å². The zero-order valence-electron chi connectivity index (χ0n) is 13.4. The van der Waals surface area contributed by atoms with Crippen LogP contribution in [0.15, 0.2) is 24.3 Å². The largest absolute Gasteiger partial charge is 0.494 e. The number of carboxylic acid groups (broad SMARTS) is 2. The standard InChI is InChI=1S/C13H18F3NO2.C2H2O4/c1-10(18)9-17-6-3-7-19-12-5-2-4-11(8-12)13(14,15)16;3-1(4)2(5)6/h2,4-5,8,10,17-18H,3,6-7,9H2,1H3;(H,3,4)(H,5,6). The number of nitrogens with one attached hydrogen (secondary N) is 1. The molecule has 0 spiro atoms. The van der Waals surface area contributed by atoms with E-state index < -0.39 is 29.8 Å². The highest BCUT2D eigenvalue weighted by Gasteiger charge is 2.30. The molecule has 0 aliphatic rings. The van der Waals surface area contributed by atoms with Gasteiger partial charge in [0, 0.05) is 6.54 Å². The van der Waals surface area contributed by atoms with Gasteiger partial charge < -0.3 is 25.4 Å². The average molecular weight is 367 g/mol. The maximum Gasteiger partial charge on any atom is 0.416 e. The fraction of sp³-hybridized carbons (Fsp3) is 0.467. The number of alkyl halides is 3. The van der Waals surface area contributed by atoms with E-state index in [1.807, 2.05) is 0 Å². The lowest BCUT2D eigenvalue weighted by Crippen LogP contribution is -2.26. The smallest absolute Gasteiger partial charge is 0.416 e. The third-order valence-electron chi connectivity index (χ3n) is 2.55. The van der Waals surface area contributed by atoms with Gasteiger partial charge in [-0.1, -0.05) is 6.07 Å². The lowest BCUT2D eigenvalue weighted by molar-refractivity contribution is -0.159. The maximum atomic E-state index is 12.4. The molecule has 0 saturated carbocycles. The Bertz CT molecular complexity index is 536. The Labute approximate surface area is 142 Å². The van der Waals surface area contributed by atoms with Crippen LogP contribution in [-0.4, -0.2) is 53.1 Å². The molecular formula is C15H20F3NO6. The molecular weight excluding hydrogens is 347 g/mol. The van der Waals surface area contributed by atoms with E-state index in [0.717, 1.165) is 12.1 Å². The number of halogens is 3. The van der Waals surface area contributed by atoms with E-state index in [2.05, 4.69) is 5.32 Å². The molecule has 0 aliphatic carbocycles. The van der Waals surface area contributed by atoms with Gasteiger partial charge in [0.05, 0.1) is 18.3 Å². The highest BCUT2D eigenvalue weighted by Crippen LogP contribution is 2.31. The molecule has 10 heteroatoms. The summed E-state index contributed by atoms with van der Waals surface area (Å²) < 4.78 is 42.6. The molecule has 7 nitrogen and oxygen atoms in total. The summed E-state index contributed by atoms with van der Waals surface area (Å²) in [6.07, 6.45) is -4.11. The summed E-state index contributed by atoms with van der Waals surface area (Å²) in [4.78, 5) is 18.2. The number of rotatable bonds is 7. The Morgan fingerprint density at radius 3 is 2.32 bits per heavy atom. The predicted octanol–water partition coefficient (Wildman–Crippen LogP) is 1.60. The number of ether oxygens (including phenoxy) is 1. The van der Waals surface area contributed by atoms with E-state index in [4.69, 9.17) is 29.6 Å². The van der Waals surface area contributed by atoms with Crippen molar-refractivity contribution < 1.29 is 42.8 Å². The molecule has 1 aromatic rings. The molecule has 1 aromatic carbocycles. The molecule has 0 aromatic heterocycles. The van der Waals surface area contributed by atoms with Crippen molar-refractivity contribution in [1.82, 2.24) is 5.32 Å². The van der Waals surface area contributed by atoms with Gasteiger partial charge in [-0.3, -0.25) is 0 Å². The highest BCUT2D eigenvalue weighted by atomic mass is 19.4. The number of carbonyl (C=O) groups is 2. The quantitative estimate of drug-likeness (QED) is 0.427. The van der Waals surface area contributed by atoms with E-state index >= 15 is 0 Å². The molecule has 4 N–H and O–H groups in total. The number of aliphatic carboxylic acids is 2. The van der Waals surface area contributed by atoms with Gasteiger partial charge in [-0.05, 0) is 38.1 Å². The highest BCUT2D eigenvalue weighted by molar-refractivity contribution is 6.27. The van der Waals surface area contributed by atoms with Gasteiger partial charge in [0.15, 0.2) is 0 Å². The van der Waals surface area contributed by atoms with E-state index in [1.165, 1.54) is 12.1 Å². The summed E-state index contributed by atoms with van der Waals surface area (Å²) in [5, 5.41) is 26.8. The molecule has 0 saturated heterocycles. The zero-order chi connectivity index (χ0) is 19.5. The molecule has 0 amide bonds. The molecule has 0 aliphatic heterocycles. The van der Waals surface area contributed by atoms with Crippen LogP contribution in [0.2, 0.25) is 0 Å². The molecule has 0 heterocycles. The van der Waals surface area contributed by atoms with Crippen LogP contribution in [0.3, 0.4) is 0 Å². The van der Waals surface area contributed by atoms with Crippen molar-refractivity contribution in [2.45, 2.75) is 25.6 Å². The number of aliphatic hydroxyl groups excluding tert-OH is 1. The minimum atomic E-state index is -4.35. The van der Waals surface area contributed by atoms with Gasteiger partial charge in [-0.2, -0.15) is 13.2 Å². The van der Waals surface area contributed by atoms with Crippen molar-refractivity contribution in [2.75, 3.05) is 19.7 Å². The SMILES string of the molecule is CC(O)CNCCCOc1cccc(C(F)(F)F)c1.O=C(O)C(=O)O. The monoisotopic (exact) mass is 367 g/mol. The molecule has 1 rings (SSSR count). The van der Waals surface area contributed by atoms with Crippen LogP contribution in [0.4, 0.5) is 13.2 Å². The van der Waals surface area contributed by atoms with Crippen molar-refractivity contribution in [3.05, 3.63) is 29.8 Å². The molecule has 142 valence electrons. The Hall–Kier alpha value is -2.33. The van der Waals surface area contributed by atoms with Crippen molar-refractivity contribution >= 4 is 11.9 Å². The summed E-state index contributed by atoms with van der Waals surface area (Å²) in [6.45, 7) is 3.13. The molecule has 1 unspecified atom stereocenters. The first-order chi connectivity index (χ1) is 11.5. The third kappa shape index (κ3) is 11.8. The molecule has 0 fully saturated rings. The average Bonchev–Trinajstić information content (AvgIpc) is 2.50. The van der Waals surface area contributed by atoms with Crippen molar-refractivity contribution in [3.63, 3.8) is 0 Å². The molecule has 1 atom stereocenters. The lowest BCUT2D eigenvalue weighted by Gasteiger charge is -2.10. The second-order valence-corrected chi connectivity index (χ2v) is 4.89. The zero-order valence-corrected chi connectivity index (χ0v) is 13.4. The van der Waals surface area contributed by atoms with Gasteiger partial charge in [0.1, 0.15) is 5.75 Å². The van der Waals surface area contributed by atoms with Gasteiger partial charge in [-0.15, -0.1) is 0 Å². The van der Waals surface area contributed by atoms with E-state index in [-0.39, 0.29) is 5.75 Å². The van der Waals surface area contributed by atoms with Gasteiger partial charge >= 0.3 is 18.1 Å². The van der Waals surface area contributed by atoms with Crippen LogP contribution in [0.1, 0.15) is 18.9 Å². The van der Waals surface area contributed by atoms with Gasteiger partial charge in [-0.25, -0.2) is 9.59 Å². The second-order valence-electron chi connectivity index (χ2n) is 4.89. The number of aliphatic hydroxyl groups is 1. The number of benzene rings is 1. The van der Waals surface area contributed by atoms with Crippen LogP contribution in [0.5, 0.6) is 5.75 Å². The van der Waals surface area contributed by atoms with E-state index in [1.54, 1.807) is 6.92 Å². The van der Waals surface area contributed by atoms with Crippen LogP contribution >= 0.6 is 0 Å². The van der Waals surface area contributed by atoms with E-state index in [0.29, 0.717) is 26.1 Å². The van der Waals surface area contributed by atoms with Crippen LogP contribution in [0.25, 0.3) is 0 Å². The summed E-state index contributed by atoms with van der Waals surface area (Å²) >= 11 is 0. The van der Waals surface area contributed by atoms with Gasteiger partial charge in [0.2, 0.25) is 0 Å². The minimum absolute atomic E-state index is 0.213. The van der Waals surface area contributed by atoms with Gasteiger partial charge in [0.25, 0.3) is 0 Å². The first-order valence-corrected chi connectivity index (χ1v) is 7.19. The summed E-state index contributed by atoms with van der Waals surface area (Å²) in [5.41, 5.74) is -0.711. The van der Waals surface area contributed by atoms with E-state index in [9.17, 15) is 13.2 Å². The fourth-order valence-electron chi connectivity index (χ4n) is 1.46. The van der Waals surface area contributed by atoms with Crippen LogP contribution in [-0.2, 0) is 15.8 Å². The number of carboxylic acids is 2. The fourth-order valence-corrected chi connectivity index (χ4v) is 1.46. The molecule has 25 heavy (non-hydrogen) atoms. The predicted molar refractivity (Wildman–Crippen MR) is 81.4 cm³/mol. The topological polar surface area (TPSA) is 116 Å². The number of hydrogen-bond donors (Lipinski definition) is 4. The Morgan fingerprint density at radius 1 is 1.24 bits per heavy atom. The second kappa shape index (κ2) is 11.3. The minimum Gasteiger partial charge on any atom is -0.494 e. The third-order valence-corrected chi connectivity index (χ3v) is 2.55. The Morgan fingerprint density at radius 2 is 1.84 bits per heavy atom. The first kappa shape index (κ1) is 22.7. The van der Waals surface area contributed by atoms with Crippen molar-refractivity contribution in [1.29, 1.82) is 0 Å². The lowest BCUT2D eigenvalue weighted by atomic mass is 10.2. The number of hydrogen-bond acceptors (Lipinski definition) is 5.